The van der Waals surface area contributed by atoms with Crippen LogP contribution in [0.3, 0.4) is 0 Å². The second-order valence-corrected chi connectivity index (χ2v) is 7.25. The zero-order chi connectivity index (χ0) is 21.3. The SMILES string of the molecule is C#Cc1ccc(-c2nnc(NC3CCCN(CC#N)C3)cc2C)c(OCOCC)c1. The number of anilines is 1. The van der Waals surface area contributed by atoms with Gasteiger partial charge in [-0.15, -0.1) is 16.6 Å². The summed E-state index contributed by atoms with van der Waals surface area (Å²) in [7, 11) is 0. The smallest absolute Gasteiger partial charge is 0.189 e. The third-order valence-corrected chi connectivity index (χ3v) is 5.04. The number of hydrogen-bond donors (Lipinski definition) is 1. The molecule has 0 radical (unpaired) electrons. The molecule has 1 aliphatic rings. The second kappa shape index (κ2) is 10.6. The molecule has 1 fully saturated rings. The summed E-state index contributed by atoms with van der Waals surface area (Å²) >= 11 is 0. The molecule has 1 aromatic carbocycles. The Bertz CT molecular complexity index is 948. The summed E-state index contributed by atoms with van der Waals surface area (Å²) in [5, 5.41) is 21.2. The third-order valence-electron chi connectivity index (χ3n) is 5.04. The first-order valence-corrected chi connectivity index (χ1v) is 10.2. The van der Waals surface area contributed by atoms with Gasteiger partial charge in [-0.2, -0.15) is 5.26 Å². The second-order valence-electron chi connectivity index (χ2n) is 7.25. The van der Waals surface area contributed by atoms with E-state index in [1.807, 2.05) is 38.1 Å². The van der Waals surface area contributed by atoms with Crippen LogP contribution in [0.5, 0.6) is 5.75 Å². The lowest BCUT2D eigenvalue weighted by atomic mass is 10.0. The summed E-state index contributed by atoms with van der Waals surface area (Å²) in [5.74, 6) is 3.98. The molecule has 0 aliphatic carbocycles. The van der Waals surface area contributed by atoms with Crippen molar-refractivity contribution in [1.82, 2.24) is 15.1 Å². The summed E-state index contributed by atoms with van der Waals surface area (Å²) in [6, 6.07) is 10.1. The summed E-state index contributed by atoms with van der Waals surface area (Å²) in [5.41, 5.74) is 3.27. The maximum Gasteiger partial charge on any atom is 0.189 e. The Labute approximate surface area is 178 Å². The molecular formula is C23H27N5O2. The number of likely N-dealkylation sites (tertiary alicyclic amines) is 1. The van der Waals surface area contributed by atoms with Crippen LogP contribution in [-0.2, 0) is 4.74 Å². The molecule has 7 heteroatoms. The molecule has 0 amide bonds. The normalized spacial score (nSPS) is 16.5. The van der Waals surface area contributed by atoms with Crippen molar-refractivity contribution in [2.75, 3.05) is 38.4 Å². The maximum atomic E-state index is 8.93. The van der Waals surface area contributed by atoms with Gasteiger partial charge >= 0.3 is 0 Å². The monoisotopic (exact) mass is 405 g/mol. The number of piperidine rings is 1. The van der Waals surface area contributed by atoms with E-state index in [0.717, 1.165) is 54.1 Å². The number of terminal acetylenes is 1. The van der Waals surface area contributed by atoms with Gasteiger partial charge in [0.25, 0.3) is 0 Å². The molecule has 0 bridgehead atoms. The summed E-state index contributed by atoms with van der Waals surface area (Å²) in [6.45, 7) is 6.88. The fraction of sp³-hybridized carbons (Fsp3) is 0.435. The van der Waals surface area contributed by atoms with E-state index in [2.05, 4.69) is 32.4 Å². The first kappa shape index (κ1) is 21.6. The van der Waals surface area contributed by atoms with Crippen LogP contribution in [-0.4, -0.2) is 54.2 Å². The molecule has 0 spiro atoms. The van der Waals surface area contributed by atoms with Crippen LogP contribution in [0.2, 0.25) is 0 Å². The third kappa shape index (κ3) is 5.48. The first-order valence-electron chi connectivity index (χ1n) is 10.2. The van der Waals surface area contributed by atoms with Crippen molar-refractivity contribution in [2.24, 2.45) is 0 Å². The van der Waals surface area contributed by atoms with Crippen LogP contribution in [0, 0.1) is 30.6 Å². The molecule has 1 saturated heterocycles. The number of nitrogens with zero attached hydrogens (tertiary/aromatic N) is 4. The van der Waals surface area contributed by atoms with Gasteiger partial charge in [0.05, 0.1) is 18.3 Å². The van der Waals surface area contributed by atoms with E-state index >= 15 is 0 Å². The van der Waals surface area contributed by atoms with Crippen molar-refractivity contribution < 1.29 is 9.47 Å². The number of benzene rings is 1. The summed E-state index contributed by atoms with van der Waals surface area (Å²) in [4.78, 5) is 2.16. The number of aryl methyl sites for hydroxylation is 1. The first-order chi connectivity index (χ1) is 14.6. The van der Waals surface area contributed by atoms with E-state index in [1.54, 1.807) is 0 Å². The Kier molecular flexibility index (Phi) is 7.62. The van der Waals surface area contributed by atoms with E-state index in [4.69, 9.17) is 21.2 Å². The molecule has 7 nitrogen and oxygen atoms in total. The van der Waals surface area contributed by atoms with Crippen molar-refractivity contribution >= 4 is 5.82 Å². The number of nitriles is 1. The molecule has 1 atom stereocenters. The van der Waals surface area contributed by atoms with E-state index in [1.165, 1.54) is 0 Å². The van der Waals surface area contributed by atoms with Crippen molar-refractivity contribution in [1.29, 1.82) is 5.26 Å². The molecular weight excluding hydrogens is 378 g/mol. The van der Waals surface area contributed by atoms with Gasteiger partial charge in [-0.25, -0.2) is 0 Å². The van der Waals surface area contributed by atoms with Crippen LogP contribution >= 0.6 is 0 Å². The largest absolute Gasteiger partial charge is 0.467 e. The Morgan fingerprint density at radius 3 is 2.93 bits per heavy atom. The number of ether oxygens (including phenoxy) is 2. The Morgan fingerprint density at radius 1 is 1.33 bits per heavy atom. The average molecular weight is 406 g/mol. The van der Waals surface area contributed by atoms with E-state index in [9.17, 15) is 0 Å². The average Bonchev–Trinajstić information content (AvgIpc) is 2.75. The highest BCUT2D eigenvalue weighted by Crippen LogP contribution is 2.32. The van der Waals surface area contributed by atoms with Gasteiger partial charge in [-0.05, 0) is 63.1 Å². The van der Waals surface area contributed by atoms with Gasteiger partial charge in [-0.1, -0.05) is 5.92 Å². The van der Waals surface area contributed by atoms with E-state index < -0.39 is 0 Å². The van der Waals surface area contributed by atoms with Gasteiger partial charge in [0.2, 0.25) is 0 Å². The Hall–Kier alpha value is -3.13. The topological polar surface area (TPSA) is 83.3 Å². The molecule has 2 aromatic rings. The molecule has 1 aliphatic heterocycles. The van der Waals surface area contributed by atoms with Gasteiger partial charge in [0, 0.05) is 30.3 Å². The van der Waals surface area contributed by atoms with Crippen LogP contribution in [0.15, 0.2) is 24.3 Å². The lowest BCUT2D eigenvalue weighted by Gasteiger charge is -2.31. The minimum absolute atomic E-state index is 0.143. The summed E-state index contributed by atoms with van der Waals surface area (Å²) < 4.78 is 11.1. The van der Waals surface area contributed by atoms with Crippen molar-refractivity contribution in [3.05, 3.63) is 35.4 Å². The van der Waals surface area contributed by atoms with Gasteiger partial charge < -0.3 is 14.8 Å². The molecule has 3 rings (SSSR count). The highest BCUT2D eigenvalue weighted by Gasteiger charge is 2.20. The molecule has 1 aromatic heterocycles. The van der Waals surface area contributed by atoms with Gasteiger partial charge in [0.15, 0.2) is 6.79 Å². The van der Waals surface area contributed by atoms with Crippen LogP contribution in [0.4, 0.5) is 5.82 Å². The fourth-order valence-corrected chi connectivity index (χ4v) is 3.56. The molecule has 30 heavy (non-hydrogen) atoms. The lowest BCUT2D eigenvalue weighted by molar-refractivity contribution is 0.0227. The standard InChI is InChI=1S/C23H27N5O2/c1-4-18-8-9-20(21(14-18)30-16-29-5-2)23-17(3)13-22(26-27-23)25-19-7-6-11-28(15-19)12-10-24/h1,8-9,13-14,19H,5-7,11-12,15-16H2,2-3H3,(H,25,26). The minimum Gasteiger partial charge on any atom is -0.467 e. The van der Waals surface area contributed by atoms with Crippen molar-refractivity contribution in [3.63, 3.8) is 0 Å². The minimum atomic E-state index is 0.143. The lowest BCUT2D eigenvalue weighted by Crippen LogP contribution is -2.42. The highest BCUT2D eigenvalue weighted by molar-refractivity contribution is 5.71. The van der Waals surface area contributed by atoms with Gasteiger partial charge in [-0.3, -0.25) is 4.90 Å². The van der Waals surface area contributed by atoms with E-state index in [-0.39, 0.29) is 12.8 Å². The molecule has 1 unspecified atom stereocenters. The fourth-order valence-electron chi connectivity index (χ4n) is 3.56. The number of nitrogens with one attached hydrogen (secondary N) is 1. The van der Waals surface area contributed by atoms with Crippen molar-refractivity contribution in [2.45, 2.75) is 32.7 Å². The highest BCUT2D eigenvalue weighted by atomic mass is 16.7. The predicted molar refractivity (Wildman–Crippen MR) is 116 cm³/mol. The Balaban J connectivity index is 1.78. The number of rotatable bonds is 8. The van der Waals surface area contributed by atoms with Crippen LogP contribution in [0.25, 0.3) is 11.3 Å². The van der Waals surface area contributed by atoms with Crippen LogP contribution in [0.1, 0.15) is 30.9 Å². The molecule has 2 heterocycles. The number of hydrogen-bond acceptors (Lipinski definition) is 7. The molecule has 1 N–H and O–H groups in total. The maximum absolute atomic E-state index is 8.93. The summed E-state index contributed by atoms with van der Waals surface area (Å²) in [6.07, 6.45) is 7.65. The van der Waals surface area contributed by atoms with Crippen molar-refractivity contribution in [3.8, 4) is 35.4 Å². The zero-order valence-electron chi connectivity index (χ0n) is 17.5. The Morgan fingerprint density at radius 2 is 2.20 bits per heavy atom. The zero-order valence-corrected chi connectivity index (χ0v) is 17.5. The molecule has 156 valence electrons. The predicted octanol–water partition coefficient (Wildman–Crippen LogP) is 3.21. The van der Waals surface area contributed by atoms with Crippen LogP contribution < -0.4 is 10.1 Å². The quantitative estimate of drug-likeness (QED) is 0.312. The van der Waals surface area contributed by atoms with Gasteiger partial charge in [0.1, 0.15) is 11.6 Å². The number of aromatic nitrogens is 2. The van der Waals surface area contributed by atoms with E-state index in [0.29, 0.717) is 18.9 Å². The molecule has 0 saturated carbocycles.